The Labute approximate surface area is 99.2 Å². The molecule has 1 heterocycles. The molecule has 0 saturated carbocycles. The highest BCUT2D eigenvalue weighted by molar-refractivity contribution is 6.31. The number of aromatic amines is 1. The highest BCUT2D eigenvalue weighted by atomic mass is 35.5. The van der Waals surface area contributed by atoms with E-state index in [9.17, 15) is 5.11 Å². The normalized spacial score (nSPS) is 13.2. The highest BCUT2D eigenvalue weighted by Crippen LogP contribution is 2.30. The zero-order valence-corrected chi connectivity index (χ0v) is 9.88. The number of fused-ring (bicyclic) bond motifs is 1. The molecule has 2 aromatic rings. The number of halogens is 1. The summed E-state index contributed by atoms with van der Waals surface area (Å²) in [6, 6.07) is 5.62. The maximum atomic E-state index is 10.0. The molecule has 0 spiro atoms. The first-order chi connectivity index (χ1) is 7.63. The van der Waals surface area contributed by atoms with Crippen LogP contribution in [0, 0.1) is 6.92 Å². The summed E-state index contributed by atoms with van der Waals surface area (Å²) in [5.74, 6) is 0. The highest BCUT2D eigenvalue weighted by Gasteiger charge is 2.15. The van der Waals surface area contributed by atoms with Crippen molar-refractivity contribution in [1.29, 1.82) is 0 Å². The van der Waals surface area contributed by atoms with Gasteiger partial charge < -0.3 is 15.8 Å². The van der Waals surface area contributed by atoms with Gasteiger partial charge in [-0.15, -0.1) is 0 Å². The molecule has 86 valence electrons. The summed E-state index contributed by atoms with van der Waals surface area (Å²) in [5, 5.41) is 11.7. The summed E-state index contributed by atoms with van der Waals surface area (Å²) < 4.78 is 0. The van der Waals surface area contributed by atoms with Gasteiger partial charge in [0.05, 0.1) is 6.10 Å². The number of hydrogen-bond donors (Lipinski definition) is 3. The predicted molar refractivity (Wildman–Crippen MR) is 66.7 cm³/mol. The summed E-state index contributed by atoms with van der Waals surface area (Å²) in [7, 11) is 0. The first-order valence-electron chi connectivity index (χ1n) is 5.29. The quantitative estimate of drug-likeness (QED) is 0.770. The van der Waals surface area contributed by atoms with Crippen LogP contribution in [0.1, 0.15) is 23.8 Å². The Balaban J connectivity index is 2.55. The molecule has 0 radical (unpaired) electrons. The van der Waals surface area contributed by atoms with Crippen LogP contribution in [0.25, 0.3) is 10.9 Å². The van der Waals surface area contributed by atoms with Crippen LogP contribution in [0.4, 0.5) is 0 Å². The molecule has 0 aliphatic carbocycles. The van der Waals surface area contributed by atoms with Gasteiger partial charge in [-0.1, -0.05) is 17.7 Å². The van der Waals surface area contributed by atoms with Crippen molar-refractivity contribution in [3.05, 3.63) is 34.5 Å². The Bertz CT molecular complexity index is 507. The zero-order valence-electron chi connectivity index (χ0n) is 9.13. The average molecular weight is 239 g/mol. The Morgan fingerprint density at radius 2 is 2.25 bits per heavy atom. The summed E-state index contributed by atoms with van der Waals surface area (Å²) >= 11 is 5.92. The fourth-order valence-electron chi connectivity index (χ4n) is 2.06. The molecule has 1 aromatic carbocycles. The zero-order chi connectivity index (χ0) is 11.7. The molecule has 4 N–H and O–H groups in total. The smallest absolute Gasteiger partial charge is 0.0825 e. The minimum Gasteiger partial charge on any atom is -0.388 e. The molecule has 1 aromatic heterocycles. The van der Waals surface area contributed by atoms with E-state index in [1.54, 1.807) is 0 Å². The second kappa shape index (κ2) is 4.45. The van der Waals surface area contributed by atoms with Gasteiger partial charge in [-0.05, 0) is 32.0 Å². The molecule has 1 unspecified atom stereocenters. The molecule has 1 atom stereocenters. The van der Waals surface area contributed by atoms with Crippen LogP contribution < -0.4 is 5.73 Å². The first kappa shape index (κ1) is 11.5. The van der Waals surface area contributed by atoms with E-state index in [2.05, 4.69) is 4.98 Å². The molecule has 2 rings (SSSR count). The monoisotopic (exact) mass is 238 g/mol. The van der Waals surface area contributed by atoms with E-state index in [-0.39, 0.29) is 0 Å². The molecule has 0 saturated heterocycles. The number of aliphatic hydroxyl groups excluding tert-OH is 1. The van der Waals surface area contributed by atoms with E-state index in [1.165, 1.54) is 0 Å². The van der Waals surface area contributed by atoms with Crippen molar-refractivity contribution in [3.8, 4) is 0 Å². The van der Waals surface area contributed by atoms with Gasteiger partial charge >= 0.3 is 0 Å². The van der Waals surface area contributed by atoms with Crippen molar-refractivity contribution in [2.75, 3.05) is 6.54 Å². The average Bonchev–Trinajstić information content (AvgIpc) is 2.53. The third kappa shape index (κ3) is 1.94. The fourth-order valence-corrected chi connectivity index (χ4v) is 2.23. The van der Waals surface area contributed by atoms with Gasteiger partial charge in [0.1, 0.15) is 0 Å². The van der Waals surface area contributed by atoms with Crippen molar-refractivity contribution >= 4 is 22.5 Å². The van der Waals surface area contributed by atoms with Gasteiger partial charge in [0.25, 0.3) is 0 Å². The molecule has 0 aliphatic heterocycles. The SMILES string of the molecule is Cc1[nH]c2cc(Cl)ccc2c1C(O)CCN. The molecule has 0 amide bonds. The van der Waals surface area contributed by atoms with Gasteiger partial charge in [0, 0.05) is 27.2 Å². The van der Waals surface area contributed by atoms with Crippen molar-refractivity contribution < 1.29 is 5.11 Å². The number of aromatic nitrogens is 1. The number of aliphatic hydroxyl groups is 1. The summed E-state index contributed by atoms with van der Waals surface area (Å²) in [5.41, 5.74) is 8.32. The van der Waals surface area contributed by atoms with E-state index in [0.29, 0.717) is 18.0 Å². The van der Waals surface area contributed by atoms with Crippen molar-refractivity contribution in [2.45, 2.75) is 19.4 Å². The fraction of sp³-hybridized carbons (Fsp3) is 0.333. The van der Waals surface area contributed by atoms with Crippen LogP contribution in [-0.4, -0.2) is 16.6 Å². The van der Waals surface area contributed by atoms with E-state index in [0.717, 1.165) is 22.2 Å². The molecule has 16 heavy (non-hydrogen) atoms. The molecule has 0 aliphatic rings. The Morgan fingerprint density at radius 1 is 1.50 bits per heavy atom. The first-order valence-corrected chi connectivity index (χ1v) is 5.67. The second-order valence-corrected chi connectivity index (χ2v) is 4.38. The van der Waals surface area contributed by atoms with E-state index in [1.807, 2.05) is 25.1 Å². The topological polar surface area (TPSA) is 62.0 Å². The largest absolute Gasteiger partial charge is 0.388 e. The molecule has 0 bridgehead atoms. The van der Waals surface area contributed by atoms with Crippen LogP contribution in [0.5, 0.6) is 0 Å². The number of benzene rings is 1. The van der Waals surface area contributed by atoms with Crippen molar-refractivity contribution in [3.63, 3.8) is 0 Å². The van der Waals surface area contributed by atoms with Gasteiger partial charge in [-0.2, -0.15) is 0 Å². The number of hydrogen-bond acceptors (Lipinski definition) is 2. The van der Waals surface area contributed by atoms with Crippen LogP contribution in [0.15, 0.2) is 18.2 Å². The maximum absolute atomic E-state index is 10.0. The van der Waals surface area contributed by atoms with Gasteiger partial charge in [-0.3, -0.25) is 0 Å². The number of rotatable bonds is 3. The summed E-state index contributed by atoms with van der Waals surface area (Å²) in [6.07, 6.45) is 0.0519. The minimum absolute atomic E-state index is 0.473. The summed E-state index contributed by atoms with van der Waals surface area (Å²) in [6.45, 7) is 2.42. The molecule has 4 heteroatoms. The molecular weight excluding hydrogens is 224 g/mol. The van der Waals surface area contributed by atoms with E-state index < -0.39 is 6.10 Å². The second-order valence-electron chi connectivity index (χ2n) is 3.95. The Hall–Kier alpha value is -1.03. The van der Waals surface area contributed by atoms with Crippen LogP contribution in [0.3, 0.4) is 0 Å². The molecular formula is C12H15ClN2O. The lowest BCUT2D eigenvalue weighted by atomic mass is 10.0. The van der Waals surface area contributed by atoms with Crippen molar-refractivity contribution in [1.82, 2.24) is 4.98 Å². The number of aryl methyl sites for hydroxylation is 1. The van der Waals surface area contributed by atoms with Gasteiger partial charge in [0.2, 0.25) is 0 Å². The third-order valence-corrected chi connectivity index (χ3v) is 3.01. The van der Waals surface area contributed by atoms with E-state index in [4.69, 9.17) is 17.3 Å². The number of nitrogens with one attached hydrogen (secondary N) is 1. The predicted octanol–water partition coefficient (Wildman–Crippen LogP) is 2.51. The van der Waals surface area contributed by atoms with E-state index >= 15 is 0 Å². The maximum Gasteiger partial charge on any atom is 0.0825 e. The standard InChI is InChI=1S/C12H15ClN2O/c1-7-12(11(16)4-5-14)9-3-2-8(13)6-10(9)15-7/h2-3,6,11,15-16H,4-5,14H2,1H3. The third-order valence-electron chi connectivity index (χ3n) is 2.77. The van der Waals surface area contributed by atoms with Gasteiger partial charge in [-0.25, -0.2) is 0 Å². The Kier molecular flexibility index (Phi) is 3.19. The molecule has 3 nitrogen and oxygen atoms in total. The van der Waals surface area contributed by atoms with Gasteiger partial charge in [0.15, 0.2) is 0 Å². The van der Waals surface area contributed by atoms with Crippen LogP contribution >= 0.6 is 11.6 Å². The lowest BCUT2D eigenvalue weighted by Gasteiger charge is -2.09. The summed E-state index contributed by atoms with van der Waals surface area (Å²) in [4.78, 5) is 3.22. The Morgan fingerprint density at radius 3 is 2.94 bits per heavy atom. The van der Waals surface area contributed by atoms with Crippen LogP contribution in [-0.2, 0) is 0 Å². The van der Waals surface area contributed by atoms with Crippen LogP contribution in [0.2, 0.25) is 5.02 Å². The number of H-pyrrole nitrogens is 1. The molecule has 0 fully saturated rings. The minimum atomic E-state index is -0.514. The van der Waals surface area contributed by atoms with Crippen molar-refractivity contribution in [2.24, 2.45) is 5.73 Å². The lowest BCUT2D eigenvalue weighted by Crippen LogP contribution is -2.07. The number of nitrogens with two attached hydrogens (primary N) is 1. The lowest BCUT2D eigenvalue weighted by molar-refractivity contribution is 0.171.